The number of aryl methyl sites for hydroxylation is 1. The van der Waals surface area contributed by atoms with E-state index in [0.29, 0.717) is 0 Å². The van der Waals surface area contributed by atoms with E-state index in [1.54, 1.807) is 0 Å². The summed E-state index contributed by atoms with van der Waals surface area (Å²) in [5.41, 5.74) is 7.09. The van der Waals surface area contributed by atoms with Gasteiger partial charge in [-0.3, -0.25) is 0 Å². The van der Waals surface area contributed by atoms with Gasteiger partial charge in [0.2, 0.25) is 0 Å². The number of hydrogen-bond donors (Lipinski definition) is 1. The van der Waals surface area contributed by atoms with Gasteiger partial charge in [-0.15, -0.1) is 0 Å². The lowest BCUT2D eigenvalue weighted by Gasteiger charge is -2.31. The first-order valence-corrected chi connectivity index (χ1v) is 7.32. The van der Waals surface area contributed by atoms with Gasteiger partial charge in [0.25, 0.3) is 0 Å². The van der Waals surface area contributed by atoms with Crippen LogP contribution in [0.1, 0.15) is 24.8 Å². The van der Waals surface area contributed by atoms with E-state index in [2.05, 4.69) is 17.0 Å². The fraction of sp³-hybridized carbons (Fsp3) is 0.600. The van der Waals surface area contributed by atoms with Crippen LogP contribution in [-0.4, -0.2) is 31.1 Å². The Balaban J connectivity index is 1.65. The van der Waals surface area contributed by atoms with Gasteiger partial charge in [0.1, 0.15) is 0 Å². The monoisotopic (exact) mass is 266 g/mol. The van der Waals surface area contributed by atoms with Crippen LogP contribution in [0, 0.1) is 5.92 Å². The van der Waals surface area contributed by atoms with E-state index >= 15 is 0 Å². The summed E-state index contributed by atoms with van der Waals surface area (Å²) in [5, 5.41) is 0.822. The van der Waals surface area contributed by atoms with E-state index in [-0.39, 0.29) is 0 Å². The van der Waals surface area contributed by atoms with Gasteiger partial charge in [-0.2, -0.15) is 0 Å². The first kappa shape index (κ1) is 13.9. The maximum atomic E-state index is 5.88. The molecule has 0 aromatic heterocycles. The molecule has 0 unspecified atom stereocenters. The zero-order chi connectivity index (χ0) is 12.8. The summed E-state index contributed by atoms with van der Waals surface area (Å²) in [6.07, 6.45) is 4.93. The topological polar surface area (TPSA) is 29.3 Å². The number of hydrogen-bond acceptors (Lipinski definition) is 2. The Morgan fingerprint density at radius 3 is 2.44 bits per heavy atom. The minimum Gasteiger partial charge on any atom is -0.330 e. The molecular weight excluding hydrogens is 244 g/mol. The summed E-state index contributed by atoms with van der Waals surface area (Å²) >= 11 is 5.88. The molecule has 0 amide bonds. The van der Waals surface area contributed by atoms with Crippen molar-refractivity contribution in [1.29, 1.82) is 0 Å². The van der Waals surface area contributed by atoms with Crippen LogP contribution >= 0.6 is 11.6 Å². The predicted octanol–water partition coefficient (Wildman–Crippen LogP) is 2.94. The van der Waals surface area contributed by atoms with Crippen LogP contribution in [0.3, 0.4) is 0 Å². The molecule has 1 aliphatic rings. The number of nitrogens with two attached hydrogens (primary N) is 1. The third kappa shape index (κ3) is 4.27. The van der Waals surface area contributed by atoms with Crippen molar-refractivity contribution < 1.29 is 0 Å². The Bertz CT molecular complexity index is 342. The summed E-state index contributed by atoms with van der Waals surface area (Å²) < 4.78 is 0. The molecule has 0 spiro atoms. The van der Waals surface area contributed by atoms with Crippen molar-refractivity contribution in [3.63, 3.8) is 0 Å². The molecule has 0 bridgehead atoms. The summed E-state index contributed by atoms with van der Waals surface area (Å²) in [5.74, 6) is 0.762. The molecule has 1 fully saturated rings. The molecule has 1 aliphatic heterocycles. The molecule has 0 radical (unpaired) electrons. The number of halogens is 1. The summed E-state index contributed by atoms with van der Waals surface area (Å²) in [7, 11) is 0. The van der Waals surface area contributed by atoms with E-state index < -0.39 is 0 Å². The fourth-order valence-electron chi connectivity index (χ4n) is 2.60. The first-order valence-electron chi connectivity index (χ1n) is 6.95. The van der Waals surface area contributed by atoms with Crippen molar-refractivity contribution >= 4 is 11.6 Å². The van der Waals surface area contributed by atoms with Crippen molar-refractivity contribution in [2.75, 3.05) is 26.2 Å². The minimum atomic E-state index is 0.762. The number of piperidine rings is 1. The zero-order valence-corrected chi connectivity index (χ0v) is 11.7. The quantitative estimate of drug-likeness (QED) is 0.888. The number of likely N-dealkylation sites (tertiary alicyclic amines) is 1. The van der Waals surface area contributed by atoms with E-state index in [1.807, 2.05) is 12.1 Å². The van der Waals surface area contributed by atoms with Gasteiger partial charge in [0.15, 0.2) is 0 Å². The summed E-state index contributed by atoms with van der Waals surface area (Å²) in [4.78, 5) is 2.57. The highest BCUT2D eigenvalue weighted by atomic mass is 35.5. The molecule has 2 nitrogen and oxygen atoms in total. The summed E-state index contributed by atoms with van der Waals surface area (Å²) in [6.45, 7) is 4.52. The van der Waals surface area contributed by atoms with Crippen molar-refractivity contribution in [3.8, 4) is 0 Å². The third-order valence-corrected chi connectivity index (χ3v) is 4.15. The van der Waals surface area contributed by atoms with Crippen molar-refractivity contribution in [3.05, 3.63) is 34.9 Å². The highest BCUT2D eigenvalue weighted by Gasteiger charge is 2.17. The standard InChI is InChI=1S/C15H23ClN2/c16-15-5-3-13(4-6-15)2-1-9-18-10-7-14(12-17)8-11-18/h3-6,14H,1-2,7-12,17H2. The van der Waals surface area contributed by atoms with E-state index in [1.165, 1.54) is 44.5 Å². The Morgan fingerprint density at radius 2 is 1.83 bits per heavy atom. The van der Waals surface area contributed by atoms with E-state index in [0.717, 1.165) is 23.9 Å². The number of nitrogens with zero attached hydrogens (tertiary/aromatic N) is 1. The summed E-state index contributed by atoms with van der Waals surface area (Å²) in [6, 6.07) is 8.21. The smallest absolute Gasteiger partial charge is 0.0406 e. The van der Waals surface area contributed by atoms with Gasteiger partial charge >= 0.3 is 0 Å². The largest absolute Gasteiger partial charge is 0.330 e. The van der Waals surface area contributed by atoms with Gasteiger partial charge in [0.05, 0.1) is 0 Å². The van der Waals surface area contributed by atoms with Crippen LogP contribution in [0.4, 0.5) is 0 Å². The Labute approximate surface area is 115 Å². The first-order chi connectivity index (χ1) is 8.78. The molecule has 18 heavy (non-hydrogen) atoms. The van der Waals surface area contributed by atoms with E-state index in [4.69, 9.17) is 17.3 Å². The van der Waals surface area contributed by atoms with Crippen LogP contribution in [0.25, 0.3) is 0 Å². The molecule has 2 rings (SSSR count). The van der Waals surface area contributed by atoms with Gasteiger partial charge < -0.3 is 10.6 Å². The minimum absolute atomic E-state index is 0.762. The molecule has 1 saturated heterocycles. The van der Waals surface area contributed by atoms with Crippen LogP contribution < -0.4 is 5.73 Å². The van der Waals surface area contributed by atoms with E-state index in [9.17, 15) is 0 Å². The van der Waals surface area contributed by atoms with Gasteiger partial charge in [-0.05, 0) is 75.5 Å². The molecule has 3 heteroatoms. The average Bonchev–Trinajstić information content (AvgIpc) is 2.42. The second-order valence-electron chi connectivity index (χ2n) is 5.25. The maximum absolute atomic E-state index is 5.88. The molecule has 1 aromatic carbocycles. The van der Waals surface area contributed by atoms with Crippen molar-refractivity contribution in [2.45, 2.75) is 25.7 Å². The molecular formula is C15H23ClN2. The molecule has 0 atom stereocenters. The average molecular weight is 267 g/mol. The number of rotatable bonds is 5. The lowest BCUT2D eigenvalue weighted by Crippen LogP contribution is -2.36. The zero-order valence-electron chi connectivity index (χ0n) is 10.9. The molecule has 100 valence electrons. The second-order valence-corrected chi connectivity index (χ2v) is 5.69. The van der Waals surface area contributed by atoms with Crippen LogP contribution in [0.2, 0.25) is 5.02 Å². The molecule has 2 N–H and O–H groups in total. The normalized spacial score (nSPS) is 18.1. The third-order valence-electron chi connectivity index (χ3n) is 3.89. The van der Waals surface area contributed by atoms with Gasteiger partial charge in [-0.25, -0.2) is 0 Å². The second kappa shape index (κ2) is 7.13. The van der Waals surface area contributed by atoms with Crippen LogP contribution in [-0.2, 0) is 6.42 Å². The Morgan fingerprint density at radius 1 is 1.17 bits per heavy atom. The Hall–Kier alpha value is -0.570. The predicted molar refractivity (Wildman–Crippen MR) is 78.0 cm³/mol. The highest BCUT2D eigenvalue weighted by Crippen LogP contribution is 2.16. The molecule has 0 saturated carbocycles. The van der Waals surface area contributed by atoms with Gasteiger partial charge in [-0.1, -0.05) is 23.7 Å². The number of benzene rings is 1. The van der Waals surface area contributed by atoms with Crippen LogP contribution in [0.15, 0.2) is 24.3 Å². The lowest BCUT2D eigenvalue weighted by molar-refractivity contribution is 0.186. The van der Waals surface area contributed by atoms with Crippen molar-refractivity contribution in [1.82, 2.24) is 4.90 Å². The van der Waals surface area contributed by atoms with Gasteiger partial charge in [0, 0.05) is 5.02 Å². The lowest BCUT2D eigenvalue weighted by atomic mass is 9.97. The van der Waals surface area contributed by atoms with Crippen molar-refractivity contribution in [2.24, 2.45) is 11.7 Å². The maximum Gasteiger partial charge on any atom is 0.0406 e. The molecule has 1 heterocycles. The fourth-order valence-corrected chi connectivity index (χ4v) is 2.73. The molecule has 0 aliphatic carbocycles. The van der Waals surface area contributed by atoms with Crippen LogP contribution in [0.5, 0.6) is 0 Å². The molecule has 1 aromatic rings. The SMILES string of the molecule is NCC1CCN(CCCc2ccc(Cl)cc2)CC1. The Kier molecular flexibility index (Phi) is 5.48. The highest BCUT2D eigenvalue weighted by molar-refractivity contribution is 6.30.